The van der Waals surface area contributed by atoms with Crippen molar-refractivity contribution in [2.45, 2.75) is 38.0 Å². The minimum absolute atomic E-state index is 0. The zero-order valence-corrected chi connectivity index (χ0v) is 14.0. The second-order valence-corrected chi connectivity index (χ2v) is 6.45. The molecule has 1 heterocycles. The van der Waals surface area contributed by atoms with Gasteiger partial charge in [-0.2, -0.15) is 5.10 Å². The Kier molecular flexibility index (Phi) is 7.02. The van der Waals surface area contributed by atoms with E-state index in [-0.39, 0.29) is 24.0 Å². The summed E-state index contributed by atoms with van der Waals surface area (Å²) in [5.41, 5.74) is 7.43. The second-order valence-electron chi connectivity index (χ2n) is 4.74. The first kappa shape index (κ1) is 18.6. The van der Waals surface area contributed by atoms with Gasteiger partial charge in [0.15, 0.2) is 5.03 Å². The van der Waals surface area contributed by atoms with Crippen molar-refractivity contribution in [1.82, 2.24) is 14.5 Å². The summed E-state index contributed by atoms with van der Waals surface area (Å²) in [5.74, 6) is 0. The van der Waals surface area contributed by atoms with Gasteiger partial charge in [0, 0.05) is 19.6 Å². The number of nitrogens with one attached hydrogen (secondary N) is 1. The zero-order valence-electron chi connectivity index (χ0n) is 12.4. The normalized spacial score (nSPS) is 11.2. The molecule has 0 bridgehead atoms. The molecule has 0 fully saturated rings. The first-order chi connectivity index (χ1) is 10.1. The smallest absolute Gasteiger partial charge is 0.258 e. The first-order valence-corrected chi connectivity index (χ1v) is 8.34. The molecule has 0 amide bonds. The van der Waals surface area contributed by atoms with Gasteiger partial charge in [-0.05, 0) is 23.6 Å². The average molecular weight is 345 g/mol. The largest absolute Gasteiger partial charge is 0.326 e. The van der Waals surface area contributed by atoms with Crippen LogP contribution in [0.25, 0.3) is 0 Å². The number of nitrogens with zero attached hydrogens (tertiary/aromatic N) is 2. The second kappa shape index (κ2) is 8.28. The van der Waals surface area contributed by atoms with Crippen molar-refractivity contribution in [1.29, 1.82) is 0 Å². The molecule has 2 aromatic rings. The molecule has 2 rings (SSSR count). The lowest BCUT2D eigenvalue weighted by Crippen LogP contribution is -2.26. The zero-order chi connectivity index (χ0) is 15.3. The standard InChI is InChI=1S/C14H20N4O2S.ClH/c1-2-9-18-14(7-8-16-18)21(19,20)17-11-13-5-3-12(10-15)4-6-13;/h3-8,17H,2,9-11,15H2,1H3;1H. The number of benzene rings is 1. The topological polar surface area (TPSA) is 90.0 Å². The van der Waals surface area contributed by atoms with E-state index in [1.54, 1.807) is 0 Å². The molecule has 0 aliphatic carbocycles. The van der Waals surface area contributed by atoms with Crippen LogP contribution < -0.4 is 10.5 Å². The Morgan fingerprint density at radius 3 is 2.41 bits per heavy atom. The van der Waals surface area contributed by atoms with E-state index in [2.05, 4.69) is 9.82 Å². The lowest BCUT2D eigenvalue weighted by molar-refractivity contribution is 0.523. The Bertz CT molecular complexity index is 683. The molecule has 0 spiro atoms. The highest BCUT2D eigenvalue weighted by Crippen LogP contribution is 2.10. The third-order valence-electron chi connectivity index (χ3n) is 3.11. The third kappa shape index (κ3) is 4.54. The average Bonchev–Trinajstić information content (AvgIpc) is 2.95. The lowest BCUT2D eigenvalue weighted by Gasteiger charge is -2.09. The maximum atomic E-state index is 12.3. The van der Waals surface area contributed by atoms with E-state index in [0.717, 1.165) is 17.5 Å². The first-order valence-electron chi connectivity index (χ1n) is 6.86. The van der Waals surface area contributed by atoms with Crippen LogP contribution in [0.2, 0.25) is 0 Å². The van der Waals surface area contributed by atoms with Gasteiger partial charge in [0.1, 0.15) is 0 Å². The van der Waals surface area contributed by atoms with Crippen LogP contribution in [-0.2, 0) is 29.7 Å². The number of sulfonamides is 1. The van der Waals surface area contributed by atoms with Crippen LogP contribution in [0.15, 0.2) is 41.6 Å². The van der Waals surface area contributed by atoms with Gasteiger partial charge in [0.25, 0.3) is 10.0 Å². The van der Waals surface area contributed by atoms with Gasteiger partial charge in [0.05, 0.1) is 6.20 Å². The number of halogens is 1. The van der Waals surface area contributed by atoms with Gasteiger partial charge in [0.2, 0.25) is 0 Å². The van der Waals surface area contributed by atoms with Crippen LogP contribution in [0, 0.1) is 0 Å². The van der Waals surface area contributed by atoms with Gasteiger partial charge >= 0.3 is 0 Å². The molecule has 122 valence electrons. The summed E-state index contributed by atoms with van der Waals surface area (Å²) in [5, 5.41) is 4.23. The molecule has 0 unspecified atom stereocenters. The maximum Gasteiger partial charge on any atom is 0.258 e. The van der Waals surface area contributed by atoms with E-state index in [0.29, 0.717) is 13.1 Å². The lowest BCUT2D eigenvalue weighted by atomic mass is 10.1. The molecule has 0 aliphatic heterocycles. The predicted octanol–water partition coefficient (Wildman–Crippen LogP) is 1.65. The van der Waals surface area contributed by atoms with Crippen LogP contribution in [0.3, 0.4) is 0 Å². The maximum absolute atomic E-state index is 12.3. The molecular weight excluding hydrogens is 324 g/mol. The Labute approximate surface area is 137 Å². The minimum atomic E-state index is -3.56. The summed E-state index contributed by atoms with van der Waals surface area (Å²) in [4.78, 5) is 0. The van der Waals surface area contributed by atoms with Crippen molar-refractivity contribution in [3.63, 3.8) is 0 Å². The van der Waals surface area contributed by atoms with E-state index in [1.165, 1.54) is 16.9 Å². The summed E-state index contributed by atoms with van der Waals surface area (Å²) < 4.78 is 28.7. The van der Waals surface area contributed by atoms with Crippen LogP contribution in [-0.4, -0.2) is 18.2 Å². The molecule has 0 saturated carbocycles. The quantitative estimate of drug-likeness (QED) is 0.799. The fourth-order valence-electron chi connectivity index (χ4n) is 1.97. The molecule has 8 heteroatoms. The van der Waals surface area contributed by atoms with Crippen LogP contribution >= 0.6 is 12.4 Å². The number of hydrogen-bond acceptors (Lipinski definition) is 4. The summed E-state index contributed by atoms with van der Waals surface area (Å²) in [6.07, 6.45) is 2.32. The Hall–Kier alpha value is -1.41. The highest BCUT2D eigenvalue weighted by Gasteiger charge is 2.18. The molecule has 1 aromatic heterocycles. The van der Waals surface area contributed by atoms with E-state index in [4.69, 9.17) is 5.73 Å². The molecule has 1 aromatic carbocycles. The van der Waals surface area contributed by atoms with Crippen LogP contribution in [0.4, 0.5) is 0 Å². The molecule has 0 atom stereocenters. The van der Waals surface area contributed by atoms with Crippen molar-refractivity contribution in [3.05, 3.63) is 47.7 Å². The van der Waals surface area contributed by atoms with Crippen LogP contribution in [0.5, 0.6) is 0 Å². The predicted molar refractivity (Wildman–Crippen MR) is 88.1 cm³/mol. The van der Waals surface area contributed by atoms with Gasteiger partial charge in [-0.1, -0.05) is 31.2 Å². The van der Waals surface area contributed by atoms with Crippen molar-refractivity contribution in [2.75, 3.05) is 0 Å². The molecule has 0 aliphatic rings. The van der Waals surface area contributed by atoms with Crippen molar-refractivity contribution >= 4 is 22.4 Å². The minimum Gasteiger partial charge on any atom is -0.326 e. The number of rotatable bonds is 7. The van der Waals surface area contributed by atoms with E-state index in [9.17, 15) is 8.42 Å². The molecule has 0 saturated heterocycles. The summed E-state index contributed by atoms with van der Waals surface area (Å²) in [6, 6.07) is 9.04. The monoisotopic (exact) mass is 344 g/mol. The highest BCUT2D eigenvalue weighted by molar-refractivity contribution is 7.89. The van der Waals surface area contributed by atoms with Crippen molar-refractivity contribution in [2.24, 2.45) is 5.73 Å². The van der Waals surface area contributed by atoms with Gasteiger partial charge in [-0.15, -0.1) is 12.4 Å². The summed E-state index contributed by atoms with van der Waals surface area (Å²) in [6.45, 7) is 3.27. The summed E-state index contributed by atoms with van der Waals surface area (Å²) >= 11 is 0. The van der Waals surface area contributed by atoms with Gasteiger partial charge in [-0.3, -0.25) is 4.68 Å². The van der Waals surface area contributed by atoms with E-state index >= 15 is 0 Å². The molecular formula is C14H21ClN4O2S. The number of aromatic nitrogens is 2. The van der Waals surface area contributed by atoms with Gasteiger partial charge in [-0.25, -0.2) is 13.1 Å². The number of aryl methyl sites for hydroxylation is 1. The number of hydrogen-bond donors (Lipinski definition) is 2. The highest BCUT2D eigenvalue weighted by atomic mass is 35.5. The van der Waals surface area contributed by atoms with E-state index in [1.807, 2.05) is 31.2 Å². The van der Waals surface area contributed by atoms with Crippen molar-refractivity contribution in [3.8, 4) is 0 Å². The van der Waals surface area contributed by atoms with Crippen LogP contribution in [0.1, 0.15) is 24.5 Å². The Balaban J connectivity index is 0.00000242. The summed E-state index contributed by atoms with van der Waals surface area (Å²) in [7, 11) is -3.56. The third-order valence-corrected chi connectivity index (χ3v) is 4.54. The van der Waals surface area contributed by atoms with Gasteiger partial charge < -0.3 is 5.73 Å². The molecule has 6 nitrogen and oxygen atoms in total. The fraction of sp³-hybridized carbons (Fsp3) is 0.357. The Morgan fingerprint density at radius 2 is 1.82 bits per heavy atom. The SMILES string of the molecule is CCCn1nccc1S(=O)(=O)NCc1ccc(CN)cc1.Cl. The fourth-order valence-corrected chi connectivity index (χ4v) is 3.13. The van der Waals surface area contributed by atoms with Crippen molar-refractivity contribution < 1.29 is 8.42 Å². The number of nitrogens with two attached hydrogens (primary N) is 1. The molecule has 0 radical (unpaired) electrons. The Morgan fingerprint density at radius 1 is 1.18 bits per heavy atom. The molecule has 22 heavy (non-hydrogen) atoms. The van der Waals surface area contributed by atoms with E-state index < -0.39 is 10.0 Å². The molecule has 3 N–H and O–H groups in total.